The van der Waals surface area contributed by atoms with Gasteiger partial charge in [-0.05, 0) is 75.9 Å². The molecule has 0 saturated carbocycles. The van der Waals surface area contributed by atoms with Gasteiger partial charge in [0.2, 0.25) is 5.91 Å². The van der Waals surface area contributed by atoms with Crippen LogP contribution >= 0.6 is 0 Å². The number of hydrogen-bond acceptors (Lipinski definition) is 5. The second-order valence-electron chi connectivity index (χ2n) is 11.3. The van der Waals surface area contributed by atoms with Crippen LogP contribution in [0.25, 0.3) is 0 Å². The maximum absolute atomic E-state index is 13.5. The van der Waals surface area contributed by atoms with Crippen molar-refractivity contribution in [3.05, 3.63) is 29.3 Å². The molecular weight excluding hydrogens is 475 g/mol. The molecular formula is C26H38F3N3O4. The third-order valence-corrected chi connectivity index (χ3v) is 6.89. The number of nitrogens with zero attached hydrogens (tertiary/aromatic N) is 2. The SMILES string of the molecule is CC(C)[C@@H](CN1CCC(C(F)(F)F)CC1)NC(=O)[C@H]1Cc2ccc(O)cc2CN1C(=O)OC(C)(C)C. The fraction of sp³-hybridized carbons (Fsp3) is 0.692. The highest BCUT2D eigenvalue weighted by Crippen LogP contribution is 2.34. The van der Waals surface area contributed by atoms with Crippen molar-refractivity contribution < 1.29 is 32.6 Å². The Morgan fingerprint density at radius 2 is 1.78 bits per heavy atom. The van der Waals surface area contributed by atoms with Crippen molar-refractivity contribution in [2.75, 3.05) is 19.6 Å². The molecule has 202 valence electrons. The first-order valence-corrected chi connectivity index (χ1v) is 12.5. The predicted molar refractivity (Wildman–Crippen MR) is 129 cm³/mol. The van der Waals surface area contributed by atoms with Gasteiger partial charge in [-0.15, -0.1) is 0 Å². The molecule has 2 aliphatic heterocycles. The van der Waals surface area contributed by atoms with Crippen LogP contribution in [0.2, 0.25) is 0 Å². The monoisotopic (exact) mass is 513 g/mol. The lowest BCUT2D eigenvalue weighted by Crippen LogP contribution is -2.57. The zero-order chi connectivity index (χ0) is 26.8. The van der Waals surface area contributed by atoms with E-state index in [1.807, 2.05) is 18.7 Å². The first-order valence-electron chi connectivity index (χ1n) is 12.5. The maximum Gasteiger partial charge on any atom is 0.411 e. The van der Waals surface area contributed by atoms with Crippen molar-refractivity contribution in [3.63, 3.8) is 0 Å². The summed E-state index contributed by atoms with van der Waals surface area (Å²) in [5, 5.41) is 13.0. The summed E-state index contributed by atoms with van der Waals surface area (Å²) in [7, 11) is 0. The molecule has 1 saturated heterocycles. The molecule has 2 N–H and O–H groups in total. The first-order chi connectivity index (χ1) is 16.6. The number of piperidine rings is 1. The van der Waals surface area contributed by atoms with Gasteiger partial charge in [0.05, 0.1) is 12.5 Å². The van der Waals surface area contributed by atoms with Gasteiger partial charge in [-0.25, -0.2) is 4.79 Å². The summed E-state index contributed by atoms with van der Waals surface area (Å²) >= 11 is 0. The van der Waals surface area contributed by atoms with Gasteiger partial charge in [-0.1, -0.05) is 19.9 Å². The van der Waals surface area contributed by atoms with Crippen LogP contribution in [-0.4, -0.2) is 70.4 Å². The number of alkyl halides is 3. The number of fused-ring (bicyclic) bond motifs is 1. The number of phenolic OH excluding ortho intramolecular Hbond substituents is 1. The third kappa shape index (κ3) is 7.27. The molecule has 0 unspecified atom stereocenters. The van der Waals surface area contributed by atoms with E-state index in [4.69, 9.17) is 4.74 Å². The molecule has 1 aromatic carbocycles. The van der Waals surface area contributed by atoms with Gasteiger partial charge in [0.25, 0.3) is 0 Å². The second kappa shape index (κ2) is 10.9. The van der Waals surface area contributed by atoms with Crippen LogP contribution in [0, 0.1) is 11.8 Å². The highest BCUT2D eigenvalue weighted by molar-refractivity contribution is 5.87. The molecule has 7 nitrogen and oxygen atoms in total. The van der Waals surface area contributed by atoms with E-state index in [-0.39, 0.29) is 49.4 Å². The van der Waals surface area contributed by atoms with Gasteiger partial charge >= 0.3 is 12.3 Å². The standard InChI is InChI=1S/C26H38F3N3O4/c1-16(2)21(15-31-10-8-19(9-11-31)26(27,28)29)30-23(34)22-13-17-6-7-20(33)12-18(17)14-32(22)24(35)36-25(3,4)5/h6-7,12,16,19,21-22,33H,8-11,13-15H2,1-5H3,(H,30,34)/t21-,22-/m1/s1. The van der Waals surface area contributed by atoms with Crippen LogP contribution in [0.5, 0.6) is 5.75 Å². The van der Waals surface area contributed by atoms with Gasteiger partial charge in [-0.3, -0.25) is 9.69 Å². The van der Waals surface area contributed by atoms with Crippen molar-refractivity contribution in [2.24, 2.45) is 11.8 Å². The smallest absolute Gasteiger partial charge is 0.411 e. The lowest BCUT2D eigenvalue weighted by Gasteiger charge is -2.39. The topological polar surface area (TPSA) is 82.1 Å². The van der Waals surface area contributed by atoms with E-state index in [9.17, 15) is 27.9 Å². The van der Waals surface area contributed by atoms with Crippen LogP contribution in [0.1, 0.15) is 58.6 Å². The number of ether oxygens (including phenoxy) is 1. The van der Waals surface area contributed by atoms with Crippen molar-refractivity contribution in [2.45, 2.75) is 84.3 Å². The highest BCUT2D eigenvalue weighted by Gasteiger charge is 2.42. The second-order valence-corrected chi connectivity index (χ2v) is 11.3. The fourth-order valence-electron chi connectivity index (χ4n) is 4.74. The maximum atomic E-state index is 13.5. The first kappa shape index (κ1) is 28.1. The summed E-state index contributed by atoms with van der Waals surface area (Å²) in [6.45, 7) is 10.4. The Morgan fingerprint density at radius 1 is 1.14 bits per heavy atom. The number of likely N-dealkylation sites (tertiary alicyclic amines) is 1. The molecule has 0 radical (unpaired) electrons. The highest BCUT2D eigenvalue weighted by atomic mass is 19.4. The Balaban J connectivity index is 1.73. The summed E-state index contributed by atoms with van der Waals surface area (Å²) < 4.78 is 44.7. The van der Waals surface area contributed by atoms with E-state index in [1.165, 1.54) is 4.90 Å². The molecule has 10 heteroatoms. The largest absolute Gasteiger partial charge is 0.508 e. The molecule has 36 heavy (non-hydrogen) atoms. The Bertz CT molecular complexity index is 937. The molecule has 1 aromatic rings. The Hall–Kier alpha value is -2.49. The molecule has 0 aromatic heterocycles. The molecule has 2 atom stereocenters. The Kier molecular flexibility index (Phi) is 8.48. The molecule has 0 spiro atoms. The quantitative estimate of drug-likeness (QED) is 0.607. The van der Waals surface area contributed by atoms with Gasteiger partial charge in [0, 0.05) is 19.0 Å². The van der Waals surface area contributed by atoms with Gasteiger partial charge in [0.15, 0.2) is 0 Å². The number of benzene rings is 1. The van der Waals surface area contributed by atoms with E-state index in [0.29, 0.717) is 19.6 Å². The van der Waals surface area contributed by atoms with E-state index in [0.717, 1.165) is 11.1 Å². The molecule has 2 amide bonds. The Morgan fingerprint density at radius 3 is 2.33 bits per heavy atom. The number of nitrogens with one attached hydrogen (secondary N) is 1. The lowest BCUT2D eigenvalue weighted by atomic mass is 9.92. The number of carbonyl (C=O) groups excluding carboxylic acids is 2. The van der Waals surface area contributed by atoms with Gasteiger partial charge < -0.3 is 20.1 Å². The van der Waals surface area contributed by atoms with E-state index in [1.54, 1.807) is 39.0 Å². The van der Waals surface area contributed by atoms with Crippen LogP contribution < -0.4 is 5.32 Å². The zero-order valence-corrected chi connectivity index (χ0v) is 21.7. The van der Waals surface area contributed by atoms with Crippen LogP contribution in [-0.2, 0) is 22.5 Å². The third-order valence-electron chi connectivity index (χ3n) is 6.89. The number of rotatable bonds is 5. The molecule has 0 bridgehead atoms. The Labute approximate surface area is 211 Å². The summed E-state index contributed by atoms with van der Waals surface area (Å²) in [6, 6.07) is 3.79. The van der Waals surface area contributed by atoms with Crippen LogP contribution in [0.3, 0.4) is 0 Å². The predicted octanol–water partition coefficient (Wildman–Crippen LogP) is 4.47. The number of aromatic hydroxyl groups is 1. The van der Waals surface area contributed by atoms with Crippen LogP contribution in [0.15, 0.2) is 18.2 Å². The zero-order valence-electron chi connectivity index (χ0n) is 21.7. The number of halogens is 3. The molecule has 0 aliphatic carbocycles. The van der Waals surface area contributed by atoms with E-state index in [2.05, 4.69) is 5.32 Å². The van der Waals surface area contributed by atoms with Crippen molar-refractivity contribution in [3.8, 4) is 5.75 Å². The van der Waals surface area contributed by atoms with Crippen molar-refractivity contribution >= 4 is 12.0 Å². The summed E-state index contributed by atoms with van der Waals surface area (Å²) in [6.07, 6.45) is -4.41. The number of amides is 2. The molecule has 3 rings (SSSR count). The fourth-order valence-corrected chi connectivity index (χ4v) is 4.74. The van der Waals surface area contributed by atoms with Crippen LogP contribution in [0.4, 0.5) is 18.0 Å². The minimum Gasteiger partial charge on any atom is -0.508 e. The average molecular weight is 514 g/mol. The molecule has 2 aliphatic rings. The minimum absolute atomic E-state index is 0.0390. The number of hydrogen-bond donors (Lipinski definition) is 2. The lowest BCUT2D eigenvalue weighted by molar-refractivity contribution is -0.185. The summed E-state index contributed by atoms with van der Waals surface area (Å²) in [4.78, 5) is 29.9. The number of carbonyl (C=O) groups is 2. The van der Waals surface area contributed by atoms with Gasteiger partial charge in [-0.2, -0.15) is 13.2 Å². The molecule has 1 fully saturated rings. The summed E-state index contributed by atoms with van der Waals surface area (Å²) in [5.41, 5.74) is 0.862. The summed E-state index contributed by atoms with van der Waals surface area (Å²) in [5.74, 6) is -1.49. The van der Waals surface area contributed by atoms with E-state index < -0.39 is 29.8 Å². The van der Waals surface area contributed by atoms with Crippen molar-refractivity contribution in [1.29, 1.82) is 0 Å². The number of phenols is 1. The minimum atomic E-state index is -4.17. The molecule has 2 heterocycles. The van der Waals surface area contributed by atoms with Gasteiger partial charge in [0.1, 0.15) is 17.4 Å². The average Bonchev–Trinajstić information content (AvgIpc) is 2.76. The van der Waals surface area contributed by atoms with Crippen molar-refractivity contribution in [1.82, 2.24) is 15.1 Å². The normalized spacial score (nSPS) is 20.7. The van der Waals surface area contributed by atoms with E-state index >= 15 is 0 Å².